The van der Waals surface area contributed by atoms with Gasteiger partial charge in [-0.1, -0.05) is 42.5 Å². The Bertz CT molecular complexity index is 1850. The largest absolute Gasteiger partial charge is 0.496 e. The van der Waals surface area contributed by atoms with Crippen molar-refractivity contribution in [1.82, 2.24) is 15.1 Å². The molecule has 0 aliphatic carbocycles. The fourth-order valence-electron chi connectivity index (χ4n) is 7.91. The van der Waals surface area contributed by atoms with Gasteiger partial charge in [0.05, 0.1) is 32.4 Å². The van der Waals surface area contributed by atoms with Crippen LogP contribution in [0.25, 0.3) is 21.9 Å². The Labute approximate surface area is 307 Å². The number of ether oxygens (including phenoxy) is 3. The quantitative estimate of drug-likeness (QED) is 0.212. The lowest BCUT2D eigenvalue weighted by molar-refractivity contribution is -0.235. The van der Waals surface area contributed by atoms with Crippen molar-refractivity contribution in [1.29, 1.82) is 0 Å². The number of piperidine rings is 2. The van der Waals surface area contributed by atoms with Crippen LogP contribution in [0, 0.1) is 5.41 Å². The van der Waals surface area contributed by atoms with Crippen molar-refractivity contribution in [3.8, 4) is 22.6 Å². The highest BCUT2D eigenvalue weighted by atomic mass is 19.4. The summed E-state index contributed by atoms with van der Waals surface area (Å²) in [7, 11) is 2.97. The second-order valence-corrected chi connectivity index (χ2v) is 14.3. The summed E-state index contributed by atoms with van der Waals surface area (Å²) in [5.41, 5.74) is -0.636. The Kier molecular flexibility index (Phi) is 11.1. The van der Waals surface area contributed by atoms with Crippen molar-refractivity contribution >= 4 is 22.6 Å². The highest BCUT2D eigenvalue weighted by Gasteiger charge is 2.62. The summed E-state index contributed by atoms with van der Waals surface area (Å²) >= 11 is 0. The van der Waals surface area contributed by atoms with Gasteiger partial charge in [-0.25, -0.2) is 22.4 Å². The number of nitrogens with zero attached hydrogens (tertiary/aromatic N) is 2. The Balaban J connectivity index is 1.28. The summed E-state index contributed by atoms with van der Waals surface area (Å²) in [6, 6.07) is 10.7. The predicted octanol–water partition coefficient (Wildman–Crippen LogP) is 6.55. The van der Waals surface area contributed by atoms with E-state index in [2.05, 4.69) is 5.32 Å². The minimum absolute atomic E-state index is 0.202. The summed E-state index contributed by atoms with van der Waals surface area (Å²) in [6.07, 6.45) is -7.62. The number of alkyl halides is 7. The van der Waals surface area contributed by atoms with E-state index < -0.39 is 79.9 Å². The molecule has 0 bridgehead atoms. The molecular formula is C38H42F7N3O6. The van der Waals surface area contributed by atoms with Crippen LogP contribution in [0.4, 0.5) is 30.7 Å². The minimum atomic E-state index is -5.08. The summed E-state index contributed by atoms with van der Waals surface area (Å²) in [5.74, 6) is -8.14. The van der Waals surface area contributed by atoms with Gasteiger partial charge in [-0.15, -0.1) is 0 Å². The van der Waals surface area contributed by atoms with Crippen molar-refractivity contribution in [2.24, 2.45) is 5.41 Å². The van der Waals surface area contributed by atoms with Gasteiger partial charge in [0.1, 0.15) is 29.6 Å². The van der Waals surface area contributed by atoms with Gasteiger partial charge >= 0.3 is 12.1 Å². The summed E-state index contributed by atoms with van der Waals surface area (Å²) in [5, 5.41) is 13.5. The van der Waals surface area contributed by atoms with Crippen molar-refractivity contribution < 1.29 is 59.6 Å². The zero-order chi connectivity index (χ0) is 39.1. The number of carboxylic acids is 1. The topological polar surface area (TPSA) is 101 Å². The molecule has 0 radical (unpaired) electrons. The Morgan fingerprint density at radius 1 is 0.907 bits per heavy atom. The average molecular weight is 770 g/mol. The first kappa shape index (κ1) is 39.5. The second kappa shape index (κ2) is 15.2. The molecule has 3 fully saturated rings. The van der Waals surface area contributed by atoms with E-state index >= 15 is 0 Å². The van der Waals surface area contributed by atoms with Gasteiger partial charge in [-0.3, -0.25) is 14.6 Å². The monoisotopic (exact) mass is 769 g/mol. The molecular weight excluding hydrogens is 727 g/mol. The van der Waals surface area contributed by atoms with Gasteiger partial charge < -0.3 is 24.6 Å². The van der Waals surface area contributed by atoms with Crippen LogP contribution in [0.15, 0.2) is 48.5 Å². The van der Waals surface area contributed by atoms with E-state index in [1.54, 1.807) is 48.5 Å². The molecule has 6 rings (SSSR count). The van der Waals surface area contributed by atoms with Gasteiger partial charge in [-0.2, -0.15) is 13.2 Å². The van der Waals surface area contributed by atoms with Crippen LogP contribution in [-0.2, 0) is 27.3 Å². The molecule has 54 heavy (non-hydrogen) atoms. The molecule has 0 saturated carbocycles. The van der Waals surface area contributed by atoms with Crippen LogP contribution < -0.4 is 14.8 Å². The average Bonchev–Trinajstić information content (AvgIpc) is 3.49. The third-order valence-electron chi connectivity index (χ3n) is 11.0. The lowest BCUT2D eigenvalue weighted by Gasteiger charge is -2.44. The van der Waals surface area contributed by atoms with Gasteiger partial charge in [0.25, 0.3) is 11.8 Å². The normalized spacial score (nSPS) is 22.1. The number of halogens is 7. The highest BCUT2D eigenvalue weighted by molar-refractivity contribution is 6.01. The van der Waals surface area contributed by atoms with Gasteiger partial charge in [0.15, 0.2) is 0 Å². The van der Waals surface area contributed by atoms with Gasteiger partial charge in [-0.05, 0) is 40.8 Å². The predicted molar refractivity (Wildman–Crippen MR) is 184 cm³/mol. The Morgan fingerprint density at radius 3 is 2.17 bits per heavy atom. The number of amides is 1. The zero-order valence-corrected chi connectivity index (χ0v) is 29.8. The molecule has 9 nitrogen and oxygen atoms in total. The van der Waals surface area contributed by atoms with Crippen molar-refractivity contribution in [3.05, 3.63) is 59.7 Å². The SMILES string of the molecule is COc1ccc(CN2CCC(F)(F)CC2)c(OC)c1-c1cccc2c(C[C@H](NC(=O)C3(C(F)(F)F)CCN(C4COCC4(F)F)CC3)C(=O)O)cccc12. The number of hydrogen-bond acceptors (Lipinski definition) is 7. The van der Waals surface area contributed by atoms with Gasteiger partial charge in [0.2, 0.25) is 5.91 Å². The Hall–Kier alpha value is -4.15. The maximum Gasteiger partial charge on any atom is 0.403 e. The first-order valence-electron chi connectivity index (χ1n) is 17.7. The number of fused-ring (bicyclic) bond motifs is 1. The molecule has 3 saturated heterocycles. The number of aliphatic carboxylic acids is 1. The van der Waals surface area contributed by atoms with E-state index in [0.29, 0.717) is 45.5 Å². The molecule has 3 aromatic rings. The number of nitrogens with one attached hydrogen (secondary N) is 1. The maximum atomic E-state index is 14.7. The first-order chi connectivity index (χ1) is 25.5. The van der Waals surface area contributed by atoms with Crippen LogP contribution in [0.5, 0.6) is 11.5 Å². The first-order valence-corrected chi connectivity index (χ1v) is 17.7. The van der Waals surface area contributed by atoms with Crippen molar-refractivity contribution in [2.75, 3.05) is 53.6 Å². The third-order valence-corrected chi connectivity index (χ3v) is 11.0. The standard InChI is InChI=1S/C38H42F7N3O6/c1-52-29-10-9-24(20-47-15-13-36(39,40)14-16-47)32(53-2)31(29)27-8-4-6-25-23(5-3-7-26(25)27)19-28(33(49)50)46-34(51)35(38(43,44)45)11-17-48(18-12-35)30-21-54-22-37(30,41)42/h3-10,28,30H,11-22H2,1-2H3,(H,46,51)(H,49,50)/t28-,30?/m0/s1. The summed E-state index contributed by atoms with van der Waals surface area (Å²) < 4.78 is 117. The fourth-order valence-corrected chi connectivity index (χ4v) is 7.91. The highest BCUT2D eigenvalue weighted by Crippen LogP contribution is 2.48. The number of carbonyl (C=O) groups is 2. The number of rotatable bonds is 11. The third kappa shape index (κ3) is 7.69. The summed E-state index contributed by atoms with van der Waals surface area (Å²) in [6.45, 7) is -1.36. The van der Waals surface area contributed by atoms with E-state index in [9.17, 15) is 45.4 Å². The van der Waals surface area contributed by atoms with Crippen molar-refractivity contribution in [2.45, 2.75) is 68.8 Å². The molecule has 2 atom stereocenters. The van der Waals surface area contributed by atoms with Crippen LogP contribution in [0.3, 0.4) is 0 Å². The molecule has 16 heteroatoms. The van der Waals surface area contributed by atoms with Crippen LogP contribution in [0.1, 0.15) is 36.8 Å². The molecule has 3 aromatic carbocycles. The number of carbonyl (C=O) groups excluding carboxylic acids is 1. The number of likely N-dealkylation sites (tertiary alicyclic amines) is 2. The number of hydrogen-bond donors (Lipinski definition) is 2. The van der Waals surface area contributed by atoms with Crippen LogP contribution >= 0.6 is 0 Å². The Morgan fingerprint density at radius 2 is 1.57 bits per heavy atom. The lowest BCUT2D eigenvalue weighted by Crippen LogP contribution is -2.61. The number of benzene rings is 3. The zero-order valence-electron chi connectivity index (χ0n) is 29.8. The fraction of sp³-hybridized carbons (Fsp3) is 0.526. The molecule has 1 unspecified atom stereocenters. The van der Waals surface area contributed by atoms with Crippen molar-refractivity contribution in [3.63, 3.8) is 0 Å². The van der Waals surface area contributed by atoms with E-state index in [-0.39, 0.29) is 39.0 Å². The lowest BCUT2D eigenvalue weighted by atomic mass is 9.76. The molecule has 1 amide bonds. The van der Waals surface area contributed by atoms with Crippen LogP contribution in [-0.4, -0.2) is 111 Å². The summed E-state index contributed by atoms with van der Waals surface area (Å²) in [4.78, 5) is 29.2. The minimum Gasteiger partial charge on any atom is -0.496 e. The second-order valence-electron chi connectivity index (χ2n) is 14.3. The van der Waals surface area contributed by atoms with E-state index in [4.69, 9.17) is 14.2 Å². The van der Waals surface area contributed by atoms with E-state index in [1.807, 2.05) is 4.90 Å². The number of methoxy groups -OCH3 is 2. The molecule has 2 N–H and O–H groups in total. The molecule has 3 aliphatic rings. The van der Waals surface area contributed by atoms with E-state index in [1.165, 1.54) is 19.1 Å². The molecule has 0 spiro atoms. The van der Waals surface area contributed by atoms with Gasteiger partial charge in [0, 0.05) is 57.5 Å². The number of carboxylic acid groups (broad SMARTS) is 1. The molecule has 0 aromatic heterocycles. The van der Waals surface area contributed by atoms with E-state index in [0.717, 1.165) is 5.56 Å². The van der Waals surface area contributed by atoms with Crippen LogP contribution in [0.2, 0.25) is 0 Å². The molecule has 3 heterocycles. The molecule has 294 valence electrons. The maximum absolute atomic E-state index is 14.7. The molecule has 3 aliphatic heterocycles. The smallest absolute Gasteiger partial charge is 0.403 e.